The molecule has 2 N–H and O–H groups in total. The third-order valence-electron chi connectivity index (χ3n) is 7.12. The van der Waals surface area contributed by atoms with Crippen LogP contribution in [0.2, 0.25) is 0 Å². The lowest BCUT2D eigenvalue weighted by Gasteiger charge is -2.19. The number of ether oxygens (including phenoxy) is 4. The molecule has 2 amide bonds. The maximum Gasteiger partial charge on any atom is 0.262 e. The van der Waals surface area contributed by atoms with Crippen molar-refractivity contribution in [2.24, 2.45) is 0 Å². The summed E-state index contributed by atoms with van der Waals surface area (Å²) < 4.78 is 23.1. The molecule has 5 rings (SSSR count). The van der Waals surface area contributed by atoms with E-state index in [1.54, 1.807) is 38.5 Å². The number of carbonyl (C=O) groups is 2. The first-order valence-corrected chi connectivity index (χ1v) is 15.1. The van der Waals surface area contributed by atoms with Crippen molar-refractivity contribution in [3.63, 3.8) is 0 Å². The number of benzene rings is 3. The van der Waals surface area contributed by atoms with Crippen LogP contribution in [0.15, 0.2) is 70.6 Å². The fourth-order valence-electron chi connectivity index (χ4n) is 4.72. The van der Waals surface area contributed by atoms with Gasteiger partial charge < -0.3 is 29.6 Å². The van der Waals surface area contributed by atoms with E-state index in [0.717, 1.165) is 11.3 Å². The molecule has 0 spiro atoms. The molecule has 2 heterocycles. The van der Waals surface area contributed by atoms with Gasteiger partial charge in [-0.2, -0.15) is 0 Å². The van der Waals surface area contributed by atoms with E-state index in [2.05, 4.69) is 10.6 Å². The Kier molecular flexibility index (Phi) is 9.90. The maximum atomic E-state index is 13.8. The molecular weight excluding hydrogens is 584 g/mol. The summed E-state index contributed by atoms with van der Waals surface area (Å²) in [6.45, 7) is 2.58. The highest BCUT2D eigenvalue weighted by Gasteiger charge is 2.24. The molecule has 0 aliphatic carbocycles. The molecule has 11 nitrogen and oxygen atoms in total. The molecule has 0 saturated heterocycles. The monoisotopic (exact) mass is 618 g/mol. The van der Waals surface area contributed by atoms with E-state index in [4.69, 9.17) is 23.9 Å². The molecule has 230 valence electrons. The van der Waals surface area contributed by atoms with Crippen molar-refractivity contribution in [1.29, 1.82) is 0 Å². The molecular formula is C32H34N4O7S. The van der Waals surface area contributed by atoms with Crippen LogP contribution in [0, 0.1) is 0 Å². The SMILES string of the molecule is CC[C@@H](Sc1nc2cc3c(cc2c(=O)n1CCCC(=O)NCc1ccc(OC)cc1)OCO3)C(=O)Nc1ccccc1OC. The van der Waals surface area contributed by atoms with Crippen LogP contribution in [0.25, 0.3) is 10.9 Å². The first-order chi connectivity index (χ1) is 21.4. The van der Waals surface area contributed by atoms with Gasteiger partial charge in [0.15, 0.2) is 16.7 Å². The smallest absolute Gasteiger partial charge is 0.262 e. The Morgan fingerprint density at radius 2 is 1.80 bits per heavy atom. The van der Waals surface area contributed by atoms with Gasteiger partial charge in [0.05, 0.1) is 36.1 Å². The number of aromatic nitrogens is 2. The number of hydrogen-bond donors (Lipinski definition) is 2. The Labute approximate surface area is 258 Å². The van der Waals surface area contributed by atoms with Gasteiger partial charge in [0.1, 0.15) is 11.5 Å². The zero-order valence-corrected chi connectivity index (χ0v) is 25.6. The van der Waals surface area contributed by atoms with Crippen molar-refractivity contribution in [1.82, 2.24) is 14.9 Å². The average Bonchev–Trinajstić information content (AvgIpc) is 3.51. The molecule has 4 aromatic rings. The van der Waals surface area contributed by atoms with Crippen LogP contribution < -0.4 is 35.1 Å². The maximum absolute atomic E-state index is 13.8. The van der Waals surface area contributed by atoms with Gasteiger partial charge >= 0.3 is 0 Å². The van der Waals surface area contributed by atoms with E-state index in [0.29, 0.717) is 58.4 Å². The van der Waals surface area contributed by atoms with E-state index in [-0.39, 0.29) is 37.1 Å². The lowest BCUT2D eigenvalue weighted by molar-refractivity contribution is -0.121. The van der Waals surface area contributed by atoms with E-state index >= 15 is 0 Å². The molecule has 0 bridgehead atoms. The number of thioether (sulfide) groups is 1. The molecule has 1 aliphatic rings. The van der Waals surface area contributed by atoms with Gasteiger partial charge in [0.2, 0.25) is 18.6 Å². The Morgan fingerprint density at radius 3 is 2.52 bits per heavy atom. The summed E-state index contributed by atoms with van der Waals surface area (Å²) in [4.78, 5) is 44.6. The Hall–Kier alpha value is -4.71. The summed E-state index contributed by atoms with van der Waals surface area (Å²) >= 11 is 1.20. The number of nitrogens with zero attached hydrogens (tertiary/aromatic N) is 2. The number of methoxy groups -OCH3 is 2. The molecule has 1 aliphatic heterocycles. The zero-order valence-electron chi connectivity index (χ0n) is 24.8. The predicted octanol–water partition coefficient (Wildman–Crippen LogP) is 4.75. The van der Waals surface area contributed by atoms with E-state index in [9.17, 15) is 14.4 Å². The van der Waals surface area contributed by atoms with Crippen molar-refractivity contribution in [2.75, 3.05) is 26.3 Å². The highest BCUT2D eigenvalue weighted by molar-refractivity contribution is 8.00. The first-order valence-electron chi connectivity index (χ1n) is 14.2. The highest BCUT2D eigenvalue weighted by atomic mass is 32.2. The van der Waals surface area contributed by atoms with E-state index in [1.807, 2.05) is 43.3 Å². The molecule has 0 unspecified atom stereocenters. The van der Waals surface area contributed by atoms with Crippen molar-refractivity contribution in [2.45, 2.75) is 49.7 Å². The number of para-hydroxylation sites is 2. The van der Waals surface area contributed by atoms with Crippen molar-refractivity contribution < 1.29 is 28.5 Å². The minimum absolute atomic E-state index is 0.0636. The standard InChI is InChI=1S/C32H34N4O7S/c1-4-28(30(38)34-23-8-5-6-9-25(23)41-3)44-32-35-24-17-27-26(42-19-43-27)16-22(24)31(39)36(32)15-7-10-29(37)33-18-20-11-13-21(40-2)14-12-20/h5-6,8-9,11-14,16-17,28H,4,7,10,15,18-19H2,1-3H3,(H,33,37)(H,34,38)/t28-/m1/s1. The Morgan fingerprint density at radius 1 is 1.05 bits per heavy atom. The fourth-order valence-corrected chi connectivity index (χ4v) is 5.76. The van der Waals surface area contributed by atoms with Crippen LogP contribution in [0.5, 0.6) is 23.0 Å². The molecule has 1 atom stereocenters. The topological polar surface area (TPSA) is 130 Å². The van der Waals surface area contributed by atoms with Gasteiger partial charge in [0.25, 0.3) is 5.56 Å². The molecule has 12 heteroatoms. The van der Waals surface area contributed by atoms with Crippen LogP contribution in [0.1, 0.15) is 31.7 Å². The minimum Gasteiger partial charge on any atom is -0.497 e. The summed E-state index contributed by atoms with van der Waals surface area (Å²) in [6.07, 6.45) is 1.08. The molecule has 0 radical (unpaired) electrons. The number of carbonyl (C=O) groups excluding carboxylic acids is 2. The molecule has 0 fully saturated rings. The van der Waals surface area contributed by atoms with Crippen LogP contribution in [-0.4, -0.2) is 47.6 Å². The number of amides is 2. The fraction of sp³-hybridized carbons (Fsp3) is 0.312. The molecule has 1 aromatic heterocycles. The number of fused-ring (bicyclic) bond motifs is 2. The quantitative estimate of drug-likeness (QED) is 0.161. The zero-order chi connectivity index (χ0) is 31.1. The van der Waals surface area contributed by atoms with E-state index in [1.165, 1.54) is 16.3 Å². The van der Waals surface area contributed by atoms with Crippen LogP contribution in [-0.2, 0) is 22.7 Å². The lowest BCUT2D eigenvalue weighted by atomic mass is 10.2. The Balaban J connectivity index is 1.34. The van der Waals surface area contributed by atoms with Gasteiger partial charge in [0, 0.05) is 25.6 Å². The van der Waals surface area contributed by atoms with Crippen molar-refractivity contribution >= 4 is 40.2 Å². The lowest BCUT2D eigenvalue weighted by Crippen LogP contribution is -2.29. The van der Waals surface area contributed by atoms with Gasteiger partial charge in [-0.15, -0.1) is 0 Å². The summed E-state index contributed by atoms with van der Waals surface area (Å²) in [5.74, 6) is 1.89. The molecule has 44 heavy (non-hydrogen) atoms. The third kappa shape index (κ3) is 7.08. The number of anilines is 1. The van der Waals surface area contributed by atoms with Crippen LogP contribution in [0.4, 0.5) is 5.69 Å². The van der Waals surface area contributed by atoms with Gasteiger partial charge in [-0.05, 0) is 48.7 Å². The van der Waals surface area contributed by atoms with Crippen molar-refractivity contribution in [3.8, 4) is 23.0 Å². The highest BCUT2D eigenvalue weighted by Crippen LogP contribution is 2.36. The summed E-state index contributed by atoms with van der Waals surface area (Å²) in [7, 11) is 3.14. The second kappa shape index (κ2) is 14.2. The largest absolute Gasteiger partial charge is 0.497 e. The number of rotatable bonds is 13. The second-order valence-electron chi connectivity index (χ2n) is 10.0. The average molecular weight is 619 g/mol. The number of hydrogen-bond acceptors (Lipinski definition) is 9. The van der Waals surface area contributed by atoms with Gasteiger partial charge in [-0.1, -0.05) is 43.0 Å². The molecule has 0 saturated carbocycles. The first kappa shape index (κ1) is 30.7. The van der Waals surface area contributed by atoms with Gasteiger partial charge in [-0.3, -0.25) is 19.0 Å². The van der Waals surface area contributed by atoms with Crippen LogP contribution in [0.3, 0.4) is 0 Å². The normalized spacial score (nSPS) is 12.5. The summed E-state index contributed by atoms with van der Waals surface area (Å²) in [5, 5.41) is 6.04. The van der Waals surface area contributed by atoms with E-state index < -0.39 is 5.25 Å². The van der Waals surface area contributed by atoms with Gasteiger partial charge in [-0.25, -0.2) is 4.98 Å². The van der Waals surface area contributed by atoms with Crippen molar-refractivity contribution in [3.05, 3.63) is 76.6 Å². The minimum atomic E-state index is -0.558. The summed E-state index contributed by atoms with van der Waals surface area (Å²) in [5.41, 5.74) is 1.66. The van der Waals surface area contributed by atoms with Crippen LogP contribution >= 0.6 is 11.8 Å². The molecule has 3 aromatic carbocycles. The third-order valence-corrected chi connectivity index (χ3v) is 8.48. The summed E-state index contributed by atoms with van der Waals surface area (Å²) in [6, 6.07) is 17.9. The Bertz CT molecular complexity index is 1710. The number of nitrogens with one attached hydrogen (secondary N) is 2. The second-order valence-corrected chi connectivity index (χ2v) is 11.2. The predicted molar refractivity (Wildman–Crippen MR) is 168 cm³/mol.